The zero-order chi connectivity index (χ0) is 17.1. The fourth-order valence-corrected chi connectivity index (χ4v) is 3.17. The number of nitrogens with one attached hydrogen (secondary N) is 1. The van der Waals surface area contributed by atoms with Crippen LogP contribution in [0.3, 0.4) is 0 Å². The predicted molar refractivity (Wildman–Crippen MR) is 85.2 cm³/mol. The topological polar surface area (TPSA) is 54.2 Å². The molecule has 0 amide bonds. The van der Waals surface area contributed by atoms with E-state index in [1.54, 1.807) is 13.0 Å². The summed E-state index contributed by atoms with van der Waals surface area (Å²) in [5.41, 5.74) is 0.750. The van der Waals surface area contributed by atoms with E-state index in [9.17, 15) is 8.78 Å². The van der Waals surface area contributed by atoms with Crippen molar-refractivity contribution in [2.75, 3.05) is 13.1 Å². The zero-order valence-corrected chi connectivity index (χ0v) is 13.9. The SMILES string of the molecule is Cc1nc(CN2CCC[C@@H](N[C@@H](C)c3ccc(F)c(F)c3)C2)no1. The molecule has 0 spiro atoms. The minimum Gasteiger partial charge on any atom is -0.340 e. The summed E-state index contributed by atoms with van der Waals surface area (Å²) in [5, 5.41) is 7.44. The average Bonchev–Trinajstić information content (AvgIpc) is 2.95. The van der Waals surface area contributed by atoms with Crippen molar-refractivity contribution in [2.24, 2.45) is 0 Å². The number of halogens is 2. The second-order valence-corrected chi connectivity index (χ2v) is 6.37. The first kappa shape index (κ1) is 17.0. The van der Waals surface area contributed by atoms with Crippen LogP contribution in [0.15, 0.2) is 22.7 Å². The van der Waals surface area contributed by atoms with Gasteiger partial charge in [0.15, 0.2) is 17.5 Å². The van der Waals surface area contributed by atoms with Crippen molar-refractivity contribution in [3.63, 3.8) is 0 Å². The number of aryl methyl sites for hydroxylation is 1. The molecule has 0 aliphatic carbocycles. The Balaban J connectivity index is 1.57. The van der Waals surface area contributed by atoms with Gasteiger partial charge in [-0.2, -0.15) is 4.98 Å². The third kappa shape index (κ3) is 4.15. The van der Waals surface area contributed by atoms with Gasteiger partial charge in [-0.15, -0.1) is 0 Å². The van der Waals surface area contributed by atoms with Crippen LogP contribution in [0.25, 0.3) is 0 Å². The highest BCUT2D eigenvalue weighted by Gasteiger charge is 2.23. The van der Waals surface area contributed by atoms with E-state index >= 15 is 0 Å². The molecule has 130 valence electrons. The molecule has 2 aromatic rings. The summed E-state index contributed by atoms with van der Waals surface area (Å²) in [6, 6.07) is 4.30. The van der Waals surface area contributed by atoms with E-state index in [2.05, 4.69) is 20.4 Å². The Bertz CT molecular complexity index is 691. The van der Waals surface area contributed by atoms with Crippen molar-refractivity contribution in [3.05, 3.63) is 47.1 Å². The largest absolute Gasteiger partial charge is 0.340 e. The Morgan fingerprint density at radius 2 is 2.21 bits per heavy atom. The van der Waals surface area contributed by atoms with E-state index in [0.29, 0.717) is 18.3 Å². The van der Waals surface area contributed by atoms with Crippen LogP contribution in [0.5, 0.6) is 0 Å². The lowest BCUT2D eigenvalue weighted by Crippen LogP contribution is -2.46. The summed E-state index contributed by atoms with van der Waals surface area (Å²) >= 11 is 0. The van der Waals surface area contributed by atoms with E-state index in [1.165, 1.54) is 12.1 Å². The quantitative estimate of drug-likeness (QED) is 0.910. The van der Waals surface area contributed by atoms with Crippen molar-refractivity contribution in [2.45, 2.75) is 45.3 Å². The number of aromatic nitrogens is 2. The van der Waals surface area contributed by atoms with E-state index < -0.39 is 11.6 Å². The monoisotopic (exact) mass is 336 g/mol. The molecule has 24 heavy (non-hydrogen) atoms. The number of nitrogens with zero attached hydrogens (tertiary/aromatic N) is 3. The second-order valence-electron chi connectivity index (χ2n) is 6.37. The summed E-state index contributed by atoms with van der Waals surface area (Å²) in [7, 11) is 0. The molecule has 1 aliphatic heterocycles. The van der Waals surface area contributed by atoms with Crippen LogP contribution in [0, 0.1) is 18.6 Å². The maximum atomic E-state index is 13.4. The van der Waals surface area contributed by atoms with Crippen LogP contribution >= 0.6 is 0 Å². The molecular weight excluding hydrogens is 314 g/mol. The average molecular weight is 336 g/mol. The lowest BCUT2D eigenvalue weighted by molar-refractivity contribution is 0.172. The zero-order valence-electron chi connectivity index (χ0n) is 13.9. The van der Waals surface area contributed by atoms with Crippen LogP contribution < -0.4 is 5.32 Å². The molecule has 1 aromatic heterocycles. The molecule has 5 nitrogen and oxygen atoms in total. The molecule has 0 radical (unpaired) electrons. The maximum Gasteiger partial charge on any atom is 0.223 e. The summed E-state index contributed by atoms with van der Waals surface area (Å²) in [6.45, 7) is 6.26. The van der Waals surface area contributed by atoms with Crippen LogP contribution in [0.4, 0.5) is 8.78 Å². The van der Waals surface area contributed by atoms with Gasteiger partial charge in [-0.3, -0.25) is 4.90 Å². The van der Waals surface area contributed by atoms with Gasteiger partial charge < -0.3 is 9.84 Å². The fourth-order valence-electron chi connectivity index (χ4n) is 3.17. The highest BCUT2D eigenvalue weighted by molar-refractivity contribution is 5.21. The molecular formula is C17H22F2N4O. The number of benzene rings is 1. The Kier molecular flexibility index (Phi) is 5.20. The van der Waals surface area contributed by atoms with E-state index in [1.807, 2.05) is 6.92 Å². The van der Waals surface area contributed by atoms with Gasteiger partial charge in [0.25, 0.3) is 0 Å². The Morgan fingerprint density at radius 1 is 1.38 bits per heavy atom. The third-order valence-electron chi connectivity index (χ3n) is 4.37. The van der Waals surface area contributed by atoms with Gasteiger partial charge in [-0.25, -0.2) is 8.78 Å². The van der Waals surface area contributed by atoms with E-state index in [4.69, 9.17) is 4.52 Å². The number of hydrogen-bond donors (Lipinski definition) is 1. The highest BCUT2D eigenvalue weighted by Crippen LogP contribution is 2.19. The van der Waals surface area contributed by atoms with Crippen LogP contribution in [0.1, 0.15) is 43.1 Å². The number of piperidine rings is 1. The molecule has 3 rings (SSSR count). The van der Waals surface area contributed by atoms with E-state index in [-0.39, 0.29) is 12.1 Å². The standard InChI is InChI=1S/C17H22F2N4O/c1-11(13-5-6-15(18)16(19)8-13)20-14-4-3-7-23(9-14)10-17-21-12(2)24-22-17/h5-6,8,11,14,20H,3-4,7,9-10H2,1-2H3/t11-,14+/m0/s1. The Labute approximate surface area is 140 Å². The molecule has 1 N–H and O–H groups in total. The third-order valence-corrected chi connectivity index (χ3v) is 4.37. The molecule has 0 bridgehead atoms. The van der Waals surface area contributed by atoms with E-state index in [0.717, 1.165) is 31.5 Å². The summed E-state index contributed by atoms with van der Waals surface area (Å²) < 4.78 is 31.5. The van der Waals surface area contributed by atoms with Crippen molar-refractivity contribution >= 4 is 0 Å². The molecule has 1 aromatic carbocycles. The Morgan fingerprint density at radius 3 is 2.92 bits per heavy atom. The second kappa shape index (κ2) is 7.36. The van der Waals surface area contributed by atoms with Gasteiger partial charge in [0.1, 0.15) is 0 Å². The highest BCUT2D eigenvalue weighted by atomic mass is 19.2. The molecule has 7 heteroatoms. The summed E-state index contributed by atoms with van der Waals surface area (Å²) in [5.74, 6) is -0.352. The first-order valence-electron chi connectivity index (χ1n) is 8.24. The maximum absolute atomic E-state index is 13.4. The number of rotatable bonds is 5. The first-order chi connectivity index (χ1) is 11.5. The lowest BCUT2D eigenvalue weighted by Gasteiger charge is -2.34. The molecule has 0 saturated carbocycles. The normalized spacial score (nSPS) is 20.2. The van der Waals surface area contributed by atoms with Gasteiger partial charge in [-0.05, 0) is 44.0 Å². The smallest absolute Gasteiger partial charge is 0.223 e. The fraction of sp³-hybridized carbons (Fsp3) is 0.529. The molecule has 1 aliphatic rings. The van der Waals surface area contributed by atoms with Gasteiger partial charge in [0, 0.05) is 25.6 Å². The predicted octanol–water partition coefficient (Wildman–Crippen LogP) is 2.97. The molecule has 2 atom stereocenters. The van der Waals surface area contributed by atoms with Crippen LogP contribution in [-0.2, 0) is 6.54 Å². The molecule has 0 unspecified atom stereocenters. The van der Waals surface area contributed by atoms with Gasteiger partial charge in [0.05, 0.1) is 6.54 Å². The van der Waals surface area contributed by atoms with Gasteiger partial charge in [-0.1, -0.05) is 11.2 Å². The molecule has 1 saturated heterocycles. The lowest BCUT2D eigenvalue weighted by atomic mass is 10.0. The van der Waals surface area contributed by atoms with Gasteiger partial charge in [0.2, 0.25) is 5.89 Å². The van der Waals surface area contributed by atoms with Crippen molar-refractivity contribution < 1.29 is 13.3 Å². The molecule has 1 fully saturated rings. The first-order valence-corrected chi connectivity index (χ1v) is 8.24. The van der Waals surface area contributed by atoms with Crippen molar-refractivity contribution in [1.29, 1.82) is 0 Å². The Hall–Kier alpha value is -1.86. The summed E-state index contributed by atoms with van der Waals surface area (Å²) in [4.78, 5) is 6.52. The number of hydrogen-bond acceptors (Lipinski definition) is 5. The minimum atomic E-state index is -0.815. The van der Waals surface area contributed by atoms with Crippen molar-refractivity contribution in [1.82, 2.24) is 20.4 Å². The van der Waals surface area contributed by atoms with Gasteiger partial charge >= 0.3 is 0 Å². The minimum absolute atomic E-state index is 0.0440. The number of likely N-dealkylation sites (tertiary alicyclic amines) is 1. The van der Waals surface area contributed by atoms with Crippen molar-refractivity contribution in [3.8, 4) is 0 Å². The molecule has 2 heterocycles. The van der Waals surface area contributed by atoms with Crippen LogP contribution in [0.2, 0.25) is 0 Å². The van der Waals surface area contributed by atoms with Crippen LogP contribution in [-0.4, -0.2) is 34.2 Å². The summed E-state index contributed by atoms with van der Waals surface area (Å²) in [6.07, 6.45) is 2.12.